The number of benzene rings is 1. The Morgan fingerprint density at radius 2 is 2.08 bits per heavy atom. The smallest absolute Gasteiger partial charge is 0.252 e. The van der Waals surface area contributed by atoms with Gasteiger partial charge < -0.3 is 19.9 Å². The van der Waals surface area contributed by atoms with Crippen LogP contribution < -0.4 is 10.2 Å². The molecular weight excluding hydrogens is 350 g/mol. The van der Waals surface area contributed by atoms with E-state index in [9.17, 15) is 4.79 Å². The highest BCUT2D eigenvalue weighted by Gasteiger charge is 2.23. The third-order valence-corrected chi connectivity index (χ3v) is 5.78. The van der Waals surface area contributed by atoms with Crippen LogP contribution in [0.15, 0.2) is 18.2 Å². The number of carbonyl (C=O) groups is 1. The molecule has 1 aromatic carbocycles. The molecule has 1 aromatic rings. The summed E-state index contributed by atoms with van der Waals surface area (Å²) in [4.78, 5) is 17.4. The summed E-state index contributed by atoms with van der Waals surface area (Å²) in [6, 6.07) is 5.82. The van der Waals surface area contributed by atoms with Crippen molar-refractivity contribution in [3.63, 3.8) is 0 Å². The second-order valence-electron chi connectivity index (χ2n) is 7.37. The van der Waals surface area contributed by atoms with Crippen molar-refractivity contribution in [2.75, 3.05) is 57.9 Å². The topological polar surface area (TPSA) is 44.8 Å². The highest BCUT2D eigenvalue weighted by molar-refractivity contribution is 6.34. The summed E-state index contributed by atoms with van der Waals surface area (Å²) in [5.74, 6) is 0.434. The molecule has 1 amide bonds. The summed E-state index contributed by atoms with van der Waals surface area (Å²) in [5, 5.41) is 3.61. The fraction of sp³-hybridized carbons (Fsp3) is 0.650. The minimum atomic E-state index is -0.0656. The maximum absolute atomic E-state index is 12.7. The number of nitrogens with one attached hydrogen (secondary N) is 1. The first-order chi connectivity index (χ1) is 12.7. The zero-order valence-corrected chi connectivity index (χ0v) is 16.4. The Hall–Kier alpha value is -1.30. The van der Waals surface area contributed by atoms with E-state index in [-0.39, 0.29) is 5.91 Å². The summed E-state index contributed by atoms with van der Waals surface area (Å²) >= 11 is 6.30. The average Bonchev–Trinajstić information content (AvgIpc) is 3.13. The van der Waals surface area contributed by atoms with Gasteiger partial charge in [-0.05, 0) is 56.3 Å². The van der Waals surface area contributed by atoms with Gasteiger partial charge in [0.2, 0.25) is 0 Å². The molecule has 0 aliphatic carbocycles. The van der Waals surface area contributed by atoms with E-state index in [4.69, 9.17) is 16.3 Å². The van der Waals surface area contributed by atoms with Gasteiger partial charge in [0.05, 0.1) is 17.2 Å². The van der Waals surface area contributed by atoms with Crippen molar-refractivity contribution < 1.29 is 9.53 Å². The minimum absolute atomic E-state index is 0.0656. The van der Waals surface area contributed by atoms with E-state index in [1.165, 1.54) is 19.3 Å². The number of hydrogen-bond acceptors (Lipinski definition) is 4. The van der Waals surface area contributed by atoms with Gasteiger partial charge in [-0.2, -0.15) is 0 Å². The van der Waals surface area contributed by atoms with Gasteiger partial charge in [-0.1, -0.05) is 11.6 Å². The lowest BCUT2D eigenvalue weighted by atomic mass is 10.1. The Morgan fingerprint density at radius 3 is 2.85 bits per heavy atom. The molecule has 2 aliphatic heterocycles. The van der Waals surface area contributed by atoms with Crippen LogP contribution in [0.3, 0.4) is 0 Å². The first-order valence-corrected chi connectivity index (χ1v) is 10.1. The number of ether oxygens (including phenoxy) is 1. The zero-order chi connectivity index (χ0) is 18.4. The van der Waals surface area contributed by atoms with E-state index in [1.54, 1.807) is 7.11 Å². The van der Waals surface area contributed by atoms with E-state index in [0.29, 0.717) is 23.0 Å². The molecule has 0 aromatic heterocycles. The number of halogens is 1. The van der Waals surface area contributed by atoms with Gasteiger partial charge in [0, 0.05) is 45.5 Å². The number of anilines is 1. The first kappa shape index (κ1) is 19.5. The number of nitrogens with zero attached hydrogens (tertiary/aromatic N) is 2. The second kappa shape index (κ2) is 9.58. The monoisotopic (exact) mass is 379 g/mol. The SMILES string of the molecule is COCCN1CC[C@H](CNC(=O)c2cc(N3CCCCC3)ccc2Cl)C1. The second-order valence-corrected chi connectivity index (χ2v) is 7.78. The highest BCUT2D eigenvalue weighted by Crippen LogP contribution is 2.26. The lowest BCUT2D eigenvalue weighted by molar-refractivity contribution is 0.0947. The standard InChI is InChI=1S/C20H30ClN3O2/c1-26-12-11-23-10-7-16(15-23)14-22-20(25)18-13-17(5-6-19(18)21)24-8-3-2-4-9-24/h5-6,13,16H,2-4,7-12,14-15H2,1H3,(H,22,25)/t16-/m1/s1. The van der Waals surface area contributed by atoms with Gasteiger partial charge >= 0.3 is 0 Å². The molecule has 2 saturated heterocycles. The molecule has 6 heteroatoms. The summed E-state index contributed by atoms with van der Waals surface area (Å²) in [6.07, 6.45) is 4.84. The minimum Gasteiger partial charge on any atom is -0.383 e. The molecule has 0 bridgehead atoms. The van der Waals surface area contributed by atoms with Crippen LogP contribution in [-0.2, 0) is 4.74 Å². The summed E-state index contributed by atoms with van der Waals surface area (Å²) < 4.78 is 5.14. The fourth-order valence-electron chi connectivity index (χ4n) is 3.87. The van der Waals surface area contributed by atoms with Crippen LogP contribution in [0.5, 0.6) is 0 Å². The van der Waals surface area contributed by atoms with Crippen LogP contribution in [0.2, 0.25) is 5.02 Å². The summed E-state index contributed by atoms with van der Waals surface area (Å²) in [5.41, 5.74) is 1.69. The van der Waals surface area contributed by atoms with Gasteiger partial charge in [0.1, 0.15) is 0 Å². The van der Waals surface area contributed by atoms with Crippen molar-refractivity contribution >= 4 is 23.2 Å². The molecule has 5 nitrogen and oxygen atoms in total. The molecule has 3 rings (SSSR count). The normalized spacial score (nSPS) is 21.2. The number of amides is 1. The number of likely N-dealkylation sites (tertiary alicyclic amines) is 1. The van der Waals surface area contributed by atoms with Gasteiger partial charge in [0.25, 0.3) is 5.91 Å². The van der Waals surface area contributed by atoms with Crippen LogP contribution >= 0.6 is 11.6 Å². The number of hydrogen-bond donors (Lipinski definition) is 1. The summed E-state index contributed by atoms with van der Waals surface area (Å²) in [7, 11) is 1.73. The molecular formula is C20H30ClN3O2. The third kappa shape index (κ3) is 5.12. The van der Waals surface area contributed by atoms with Crippen LogP contribution in [0.4, 0.5) is 5.69 Å². The van der Waals surface area contributed by atoms with E-state index in [1.807, 2.05) is 18.2 Å². The van der Waals surface area contributed by atoms with Crippen LogP contribution in [-0.4, -0.2) is 63.8 Å². The Balaban J connectivity index is 1.54. The number of methoxy groups -OCH3 is 1. The van der Waals surface area contributed by atoms with Crippen molar-refractivity contribution in [2.45, 2.75) is 25.7 Å². The van der Waals surface area contributed by atoms with Crippen LogP contribution in [0, 0.1) is 5.92 Å². The predicted octanol–water partition coefficient (Wildman–Crippen LogP) is 3.03. The van der Waals surface area contributed by atoms with E-state index < -0.39 is 0 Å². The van der Waals surface area contributed by atoms with Gasteiger partial charge in [-0.25, -0.2) is 0 Å². The van der Waals surface area contributed by atoms with Crippen molar-refractivity contribution in [3.8, 4) is 0 Å². The molecule has 0 radical (unpaired) electrons. The average molecular weight is 380 g/mol. The Labute approximate surface area is 161 Å². The van der Waals surface area contributed by atoms with Crippen LogP contribution in [0.25, 0.3) is 0 Å². The van der Waals surface area contributed by atoms with Gasteiger partial charge in [0.15, 0.2) is 0 Å². The molecule has 2 heterocycles. The molecule has 0 unspecified atom stereocenters. The first-order valence-electron chi connectivity index (χ1n) is 9.71. The van der Waals surface area contributed by atoms with Crippen molar-refractivity contribution in [1.82, 2.24) is 10.2 Å². The third-order valence-electron chi connectivity index (χ3n) is 5.45. The lowest BCUT2D eigenvalue weighted by Crippen LogP contribution is -2.32. The molecule has 0 saturated carbocycles. The van der Waals surface area contributed by atoms with Crippen molar-refractivity contribution in [1.29, 1.82) is 0 Å². The number of piperidine rings is 1. The van der Waals surface area contributed by atoms with Gasteiger partial charge in [-0.3, -0.25) is 4.79 Å². The molecule has 1 atom stereocenters. The molecule has 2 aliphatic rings. The van der Waals surface area contributed by atoms with Crippen LogP contribution in [0.1, 0.15) is 36.0 Å². The lowest BCUT2D eigenvalue weighted by Gasteiger charge is -2.29. The Morgan fingerprint density at radius 1 is 1.27 bits per heavy atom. The number of rotatable bonds is 7. The Bertz CT molecular complexity index is 605. The van der Waals surface area contributed by atoms with E-state index in [2.05, 4.69) is 15.1 Å². The largest absolute Gasteiger partial charge is 0.383 e. The Kier molecular flexibility index (Phi) is 7.17. The molecule has 0 spiro atoms. The van der Waals surface area contributed by atoms with E-state index in [0.717, 1.165) is 51.4 Å². The molecule has 144 valence electrons. The molecule has 2 fully saturated rings. The maximum Gasteiger partial charge on any atom is 0.252 e. The van der Waals surface area contributed by atoms with E-state index >= 15 is 0 Å². The van der Waals surface area contributed by atoms with Crippen molar-refractivity contribution in [3.05, 3.63) is 28.8 Å². The zero-order valence-electron chi connectivity index (χ0n) is 15.7. The molecule has 1 N–H and O–H groups in total. The summed E-state index contributed by atoms with van der Waals surface area (Å²) in [6.45, 7) is 6.64. The predicted molar refractivity (Wildman–Crippen MR) is 106 cm³/mol. The highest BCUT2D eigenvalue weighted by atomic mass is 35.5. The van der Waals surface area contributed by atoms with Crippen molar-refractivity contribution in [2.24, 2.45) is 5.92 Å². The fourth-order valence-corrected chi connectivity index (χ4v) is 4.07. The number of carbonyl (C=O) groups excluding carboxylic acids is 1. The van der Waals surface area contributed by atoms with Gasteiger partial charge in [-0.15, -0.1) is 0 Å². The maximum atomic E-state index is 12.7. The quantitative estimate of drug-likeness (QED) is 0.790. The molecule has 26 heavy (non-hydrogen) atoms.